The van der Waals surface area contributed by atoms with Crippen LogP contribution in [-0.4, -0.2) is 4.98 Å². The standard InChI is InChI=1S/C18H16N2S/c1-14-7-9-15(10-8-14)11-12-17-13-21-18(20-17)19-16-5-3-2-4-6-16/h2-13H,1H3,(H,19,20)/b12-11+. The molecule has 0 atom stereocenters. The third-order valence-corrected chi connectivity index (χ3v) is 3.85. The van der Waals surface area contributed by atoms with Crippen molar-refractivity contribution in [3.05, 3.63) is 76.8 Å². The molecule has 0 bridgehead atoms. The molecular formula is C18H16N2S. The Hall–Kier alpha value is -2.39. The summed E-state index contributed by atoms with van der Waals surface area (Å²) in [4.78, 5) is 4.56. The van der Waals surface area contributed by atoms with E-state index in [0.29, 0.717) is 0 Å². The molecule has 0 aliphatic carbocycles. The summed E-state index contributed by atoms with van der Waals surface area (Å²) in [5.74, 6) is 0. The summed E-state index contributed by atoms with van der Waals surface area (Å²) >= 11 is 1.61. The van der Waals surface area contributed by atoms with Crippen LogP contribution in [0, 0.1) is 6.92 Å². The Morgan fingerprint density at radius 2 is 1.71 bits per heavy atom. The zero-order chi connectivity index (χ0) is 14.5. The molecule has 3 heteroatoms. The van der Waals surface area contributed by atoms with Crippen LogP contribution < -0.4 is 5.32 Å². The van der Waals surface area contributed by atoms with E-state index in [-0.39, 0.29) is 0 Å². The molecule has 0 radical (unpaired) electrons. The normalized spacial score (nSPS) is 10.9. The monoisotopic (exact) mass is 292 g/mol. The molecule has 0 spiro atoms. The van der Waals surface area contributed by atoms with E-state index >= 15 is 0 Å². The van der Waals surface area contributed by atoms with E-state index in [0.717, 1.165) is 16.5 Å². The lowest BCUT2D eigenvalue weighted by molar-refractivity contribution is 1.36. The first-order valence-electron chi connectivity index (χ1n) is 6.82. The van der Waals surface area contributed by atoms with Crippen molar-refractivity contribution in [2.75, 3.05) is 5.32 Å². The summed E-state index contributed by atoms with van der Waals surface area (Å²) in [6, 6.07) is 18.5. The zero-order valence-corrected chi connectivity index (χ0v) is 12.6. The van der Waals surface area contributed by atoms with Crippen molar-refractivity contribution in [2.24, 2.45) is 0 Å². The first kappa shape index (κ1) is 13.6. The van der Waals surface area contributed by atoms with Crippen molar-refractivity contribution in [1.29, 1.82) is 0 Å². The Bertz CT molecular complexity index is 727. The van der Waals surface area contributed by atoms with Crippen molar-refractivity contribution < 1.29 is 0 Å². The zero-order valence-electron chi connectivity index (χ0n) is 11.8. The smallest absolute Gasteiger partial charge is 0.187 e. The van der Waals surface area contributed by atoms with E-state index < -0.39 is 0 Å². The molecule has 0 aliphatic rings. The third kappa shape index (κ3) is 3.80. The molecule has 3 rings (SSSR count). The fraction of sp³-hybridized carbons (Fsp3) is 0.0556. The Labute approximate surface area is 128 Å². The predicted molar refractivity (Wildman–Crippen MR) is 91.9 cm³/mol. The molecule has 1 aromatic heterocycles. The van der Waals surface area contributed by atoms with Gasteiger partial charge in [0.2, 0.25) is 0 Å². The minimum absolute atomic E-state index is 0.907. The van der Waals surface area contributed by atoms with Crippen molar-refractivity contribution >= 4 is 34.3 Å². The topological polar surface area (TPSA) is 24.9 Å². The van der Waals surface area contributed by atoms with Crippen molar-refractivity contribution in [1.82, 2.24) is 4.98 Å². The highest BCUT2D eigenvalue weighted by Crippen LogP contribution is 2.21. The number of rotatable bonds is 4. The number of nitrogens with zero attached hydrogens (tertiary/aromatic N) is 1. The number of anilines is 2. The number of hydrogen-bond acceptors (Lipinski definition) is 3. The van der Waals surface area contributed by atoms with Crippen LogP contribution in [0.3, 0.4) is 0 Å². The summed E-state index contributed by atoms with van der Waals surface area (Å²) in [7, 11) is 0. The highest BCUT2D eigenvalue weighted by molar-refractivity contribution is 7.13. The molecule has 0 fully saturated rings. The molecule has 0 saturated carbocycles. The van der Waals surface area contributed by atoms with Crippen LogP contribution in [0.4, 0.5) is 10.8 Å². The van der Waals surface area contributed by atoms with Gasteiger partial charge in [-0.05, 0) is 30.7 Å². The third-order valence-electron chi connectivity index (χ3n) is 3.07. The summed E-state index contributed by atoms with van der Waals surface area (Å²) in [5.41, 5.74) is 4.49. The van der Waals surface area contributed by atoms with E-state index in [1.807, 2.05) is 36.4 Å². The van der Waals surface area contributed by atoms with Gasteiger partial charge in [-0.25, -0.2) is 4.98 Å². The van der Waals surface area contributed by atoms with Gasteiger partial charge in [-0.2, -0.15) is 0 Å². The molecule has 0 amide bonds. The van der Waals surface area contributed by atoms with Gasteiger partial charge in [0.15, 0.2) is 5.13 Å². The van der Waals surface area contributed by atoms with Gasteiger partial charge in [0.25, 0.3) is 0 Å². The highest BCUT2D eigenvalue weighted by atomic mass is 32.1. The molecule has 0 unspecified atom stereocenters. The van der Waals surface area contributed by atoms with E-state index in [9.17, 15) is 0 Å². The van der Waals surface area contributed by atoms with Gasteiger partial charge in [-0.1, -0.05) is 54.1 Å². The maximum atomic E-state index is 4.56. The van der Waals surface area contributed by atoms with Crippen molar-refractivity contribution in [3.63, 3.8) is 0 Å². The molecule has 2 aromatic carbocycles. The number of benzene rings is 2. The van der Waals surface area contributed by atoms with Gasteiger partial charge in [0.1, 0.15) is 0 Å². The minimum atomic E-state index is 0.907. The van der Waals surface area contributed by atoms with Gasteiger partial charge < -0.3 is 5.32 Å². The highest BCUT2D eigenvalue weighted by Gasteiger charge is 1.99. The van der Waals surface area contributed by atoms with Gasteiger partial charge in [-0.15, -0.1) is 11.3 Å². The summed E-state index contributed by atoms with van der Waals surface area (Å²) < 4.78 is 0. The Morgan fingerprint density at radius 3 is 2.48 bits per heavy atom. The second-order valence-corrected chi connectivity index (χ2v) is 5.67. The van der Waals surface area contributed by atoms with Crippen LogP contribution >= 0.6 is 11.3 Å². The molecule has 3 aromatic rings. The molecular weight excluding hydrogens is 276 g/mol. The molecule has 0 aliphatic heterocycles. The van der Waals surface area contributed by atoms with E-state index in [1.54, 1.807) is 11.3 Å². The number of aryl methyl sites for hydroxylation is 1. The van der Waals surface area contributed by atoms with E-state index in [4.69, 9.17) is 0 Å². The number of aromatic nitrogens is 1. The fourth-order valence-corrected chi connectivity index (χ4v) is 2.62. The SMILES string of the molecule is Cc1ccc(/C=C/c2csc(Nc3ccccc3)n2)cc1. The van der Waals surface area contributed by atoms with Crippen LogP contribution in [0.25, 0.3) is 12.2 Å². The fourth-order valence-electron chi connectivity index (χ4n) is 1.92. The molecule has 2 nitrogen and oxygen atoms in total. The average molecular weight is 292 g/mol. The summed E-state index contributed by atoms with van der Waals surface area (Å²) in [6.45, 7) is 2.09. The minimum Gasteiger partial charge on any atom is -0.332 e. The number of thiazole rings is 1. The van der Waals surface area contributed by atoms with Crippen LogP contribution in [-0.2, 0) is 0 Å². The Balaban J connectivity index is 1.69. The Kier molecular flexibility index (Phi) is 4.12. The van der Waals surface area contributed by atoms with Crippen molar-refractivity contribution in [2.45, 2.75) is 6.92 Å². The second kappa shape index (κ2) is 6.37. The van der Waals surface area contributed by atoms with E-state index in [2.05, 4.69) is 52.9 Å². The lowest BCUT2D eigenvalue weighted by Crippen LogP contribution is -1.88. The van der Waals surface area contributed by atoms with Gasteiger partial charge in [-0.3, -0.25) is 0 Å². The van der Waals surface area contributed by atoms with Gasteiger partial charge >= 0.3 is 0 Å². The molecule has 1 N–H and O–H groups in total. The largest absolute Gasteiger partial charge is 0.332 e. The van der Waals surface area contributed by atoms with Crippen LogP contribution in [0.5, 0.6) is 0 Å². The second-order valence-electron chi connectivity index (χ2n) is 4.81. The average Bonchev–Trinajstić information content (AvgIpc) is 2.95. The molecule has 1 heterocycles. The van der Waals surface area contributed by atoms with Crippen LogP contribution in [0.2, 0.25) is 0 Å². The molecule has 21 heavy (non-hydrogen) atoms. The summed E-state index contributed by atoms with van der Waals surface area (Å²) in [5, 5.41) is 6.26. The number of para-hydroxylation sites is 1. The Morgan fingerprint density at radius 1 is 0.952 bits per heavy atom. The van der Waals surface area contributed by atoms with Gasteiger partial charge in [0, 0.05) is 11.1 Å². The molecule has 0 saturated heterocycles. The van der Waals surface area contributed by atoms with E-state index in [1.165, 1.54) is 11.1 Å². The molecule has 104 valence electrons. The van der Waals surface area contributed by atoms with Crippen LogP contribution in [0.1, 0.15) is 16.8 Å². The maximum absolute atomic E-state index is 4.56. The quantitative estimate of drug-likeness (QED) is 0.699. The number of hydrogen-bond donors (Lipinski definition) is 1. The van der Waals surface area contributed by atoms with Gasteiger partial charge in [0.05, 0.1) is 5.69 Å². The number of nitrogens with one attached hydrogen (secondary N) is 1. The van der Waals surface area contributed by atoms with Crippen LogP contribution in [0.15, 0.2) is 60.0 Å². The predicted octanol–water partition coefficient (Wildman–Crippen LogP) is 5.37. The summed E-state index contributed by atoms with van der Waals surface area (Å²) in [6.07, 6.45) is 4.12. The lowest BCUT2D eigenvalue weighted by atomic mass is 10.1. The maximum Gasteiger partial charge on any atom is 0.187 e. The first-order chi connectivity index (χ1) is 10.3. The lowest BCUT2D eigenvalue weighted by Gasteiger charge is -2.00. The van der Waals surface area contributed by atoms with Crippen molar-refractivity contribution in [3.8, 4) is 0 Å². The first-order valence-corrected chi connectivity index (χ1v) is 7.70.